The third kappa shape index (κ3) is 4.34. The molecule has 17 heavy (non-hydrogen) atoms. The van der Waals surface area contributed by atoms with Gasteiger partial charge >= 0.3 is 63.3 Å². The van der Waals surface area contributed by atoms with Crippen molar-refractivity contribution in [3.05, 3.63) is 25.4 Å². The first-order valence-electron chi connectivity index (χ1n) is 3.61. The van der Waals surface area contributed by atoms with Gasteiger partial charge in [-0.15, -0.1) is 0 Å². The van der Waals surface area contributed by atoms with E-state index in [-0.39, 0.29) is 62.5 Å². The number of hydrogen-bond donors (Lipinski definition) is 2. The fourth-order valence-electron chi connectivity index (χ4n) is 1.01. The number of halogens is 4. The van der Waals surface area contributed by atoms with Gasteiger partial charge in [0.2, 0.25) is 0 Å². The Kier molecular flexibility index (Phi) is 9.55. The molecule has 0 atom stereocenters. The van der Waals surface area contributed by atoms with Gasteiger partial charge in [-0.25, -0.2) is 9.59 Å². The van der Waals surface area contributed by atoms with Crippen molar-refractivity contribution in [1.82, 2.24) is 0 Å². The second-order valence-electron chi connectivity index (χ2n) is 2.62. The van der Waals surface area contributed by atoms with Crippen LogP contribution in [0.4, 0.5) is 0 Å². The second-order valence-corrected chi connectivity index (χ2v) is 6.93. The van der Waals surface area contributed by atoms with Gasteiger partial charge in [-0.2, -0.15) is 0 Å². The van der Waals surface area contributed by atoms with Crippen molar-refractivity contribution in [3.8, 4) is 0 Å². The Balaban J connectivity index is 0.00000256. The molecule has 0 radical (unpaired) electrons. The molecule has 0 aromatic heterocycles. The summed E-state index contributed by atoms with van der Waals surface area (Å²) in [6.45, 7) is 0. The topological polar surface area (TPSA) is 74.6 Å². The molecule has 0 saturated carbocycles. The molecule has 0 saturated heterocycles. The van der Waals surface area contributed by atoms with Crippen molar-refractivity contribution < 1.29 is 19.8 Å². The van der Waals surface area contributed by atoms with Crippen LogP contribution in [0, 0.1) is 14.3 Å². The summed E-state index contributed by atoms with van der Waals surface area (Å²) < 4.78 is 1.86. The van der Waals surface area contributed by atoms with Crippen LogP contribution in [0.3, 0.4) is 0 Å². The summed E-state index contributed by atoms with van der Waals surface area (Å²) >= 11 is 7.45. The van der Waals surface area contributed by atoms with Crippen LogP contribution in [0.2, 0.25) is 0 Å². The van der Waals surface area contributed by atoms with Crippen LogP contribution < -0.4 is 0 Å². The van der Waals surface area contributed by atoms with E-state index in [4.69, 9.17) is 10.2 Å². The maximum atomic E-state index is 11.1. The van der Waals surface area contributed by atoms with Gasteiger partial charge in [0, 0.05) is 14.3 Å². The van der Waals surface area contributed by atoms with Crippen molar-refractivity contribution in [1.29, 1.82) is 0 Å². The molecule has 2 N–H and O–H groups in total. The third-order valence-corrected chi connectivity index (χ3v) is 8.07. The van der Waals surface area contributed by atoms with Gasteiger partial charge in [-0.05, 0) is 90.4 Å². The fraction of sp³-hybridized carbons (Fsp3) is 0. The van der Waals surface area contributed by atoms with Gasteiger partial charge in [0.25, 0.3) is 0 Å². The van der Waals surface area contributed by atoms with Crippen molar-refractivity contribution in [2.24, 2.45) is 0 Å². The van der Waals surface area contributed by atoms with E-state index in [0.717, 1.165) is 0 Å². The van der Waals surface area contributed by atoms with E-state index in [2.05, 4.69) is 0 Å². The molecule has 0 heterocycles. The molecule has 88 valence electrons. The van der Waals surface area contributed by atoms with Gasteiger partial charge in [-0.1, -0.05) is 0 Å². The van der Waals surface area contributed by atoms with Crippen LogP contribution in [0.5, 0.6) is 0 Å². The molecule has 0 aliphatic carbocycles. The minimum atomic E-state index is -1.04. The Morgan fingerprint density at radius 1 is 0.706 bits per heavy atom. The predicted molar refractivity (Wildman–Crippen MR) is 98.4 cm³/mol. The van der Waals surface area contributed by atoms with E-state index in [9.17, 15) is 9.59 Å². The van der Waals surface area contributed by atoms with Crippen LogP contribution in [0.15, 0.2) is 0 Å². The number of aromatic carboxylic acids is 2. The minimum absolute atomic E-state index is 0. The quantitative estimate of drug-likeness (QED) is 0.282. The molecule has 1 aromatic carbocycles. The molecule has 1 rings (SSSR count). The summed E-state index contributed by atoms with van der Waals surface area (Å²) in [5.74, 6) is -2.08. The Morgan fingerprint density at radius 2 is 0.882 bits per heavy atom. The summed E-state index contributed by atoms with van der Waals surface area (Å²) in [4.78, 5) is 22.1. The average molecular weight is 710 g/mol. The first-order chi connectivity index (χ1) is 7.29. The first kappa shape index (κ1) is 19.7. The van der Waals surface area contributed by atoms with Gasteiger partial charge in [0.05, 0.1) is 11.1 Å². The molecular formula is C8H3I4KO4. The summed E-state index contributed by atoms with van der Waals surface area (Å²) in [7, 11) is 0. The molecular weight excluding hydrogens is 707 g/mol. The number of carboxylic acid groups (broad SMARTS) is 2. The maximum absolute atomic E-state index is 11.1. The van der Waals surface area contributed by atoms with Gasteiger partial charge < -0.3 is 10.2 Å². The van der Waals surface area contributed by atoms with E-state index in [1.807, 2.05) is 90.4 Å². The summed E-state index contributed by atoms with van der Waals surface area (Å²) in [5.41, 5.74) is 0.333. The SMILES string of the molecule is O=C(O)c1c(I)c(I)c(C(=O)O)c(I)c1I.[KH]. The third-order valence-electron chi connectivity index (χ3n) is 1.69. The van der Waals surface area contributed by atoms with Crippen LogP contribution in [-0.2, 0) is 0 Å². The molecule has 0 aliphatic heterocycles. The van der Waals surface area contributed by atoms with Gasteiger partial charge in [0.15, 0.2) is 0 Å². The second kappa shape index (κ2) is 8.23. The predicted octanol–water partition coefficient (Wildman–Crippen LogP) is 2.85. The Bertz CT molecular complexity index is 429. The zero-order chi connectivity index (χ0) is 12.6. The van der Waals surface area contributed by atoms with Gasteiger partial charge in [0.1, 0.15) is 0 Å². The van der Waals surface area contributed by atoms with Crippen LogP contribution >= 0.6 is 90.4 Å². The molecule has 9 heteroatoms. The van der Waals surface area contributed by atoms with Crippen molar-refractivity contribution >= 4 is 154 Å². The molecule has 0 fully saturated rings. The van der Waals surface area contributed by atoms with Crippen LogP contribution in [0.1, 0.15) is 20.7 Å². The molecule has 0 aliphatic rings. The van der Waals surface area contributed by atoms with Crippen molar-refractivity contribution in [2.75, 3.05) is 0 Å². The summed E-state index contributed by atoms with van der Waals surface area (Å²) in [5, 5.41) is 18.1. The van der Waals surface area contributed by atoms with Crippen LogP contribution in [-0.4, -0.2) is 73.5 Å². The monoisotopic (exact) mass is 710 g/mol. The van der Waals surface area contributed by atoms with E-state index in [0.29, 0.717) is 14.3 Å². The van der Waals surface area contributed by atoms with E-state index < -0.39 is 11.9 Å². The number of rotatable bonds is 2. The zero-order valence-corrected chi connectivity index (χ0v) is 15.9. The first-order valence-corrected chi connectivity index (χ1v) is 7.93. The standard InChI is InChI=1S/C8H2I4O4.K.H/c9-3-1(7(13)14)4(10)6(12)2(5(3)11)8(15)16;;/h(H,13,14)(H,15,16);;. The van der Waals surface area contributed by atoms with Crippen molar-refractivity contribution in [3.63, 3.8) is 0 Å². The normalized spacial score (nSPS) is 9.65. The Labute approximate surface area is 194 Å². The number of benzene rings is 1. The average Bonchev–Trinajstić information content (AvgIpc) is 2.14. The summed E-state index contributed by atoms with van der Waals surface area (Å²) in [6.07, 6.45) is 0. The number of hydrogen-bond acceptors (Lipinski definition) is 2. The summed E-state index contributed by atoms with van der Waals surface area (Å²) in [6, 6.07) is 0. The molecule has 0 unspecified atom stereocenters. The number of carboxylic acids is 2. The molecule has 4 nitrogen and oxygen atoms in total. The van der Waals surface area contributed by atoms with Crippen molar-refractivity contribution in [2.45, 2.75) is 0 Å². The molecule has 0 spiro atoms. The Morgan fingerprint density at radius 3 is 1.00 bits per heavy atom. The van der Waals surface area contributed by atoms with E-state index in [1.54, 1.807) is 0 Å². The molecule has 0 bridgehead atoms. The van der Waals surface area contributed by atoms with Crippen LogP contribution in [0.25, 0.3) is 0 Å². The Hall–Kier alpha value is 2.72. The van der Waals surface area contributed by atoms with E-state index >= 15 is 0 Å². The fourth-order valence-corrected chi connectivity index (χ4v) is 5.12. The molecule has 0 amide bonds. The zero-order valence-electron chi connectivity index (χ0n) is 7.22. The van der Waals surface area contributed by atoms with E-state index in [1.165, 1.54) is 0 Å². The molecule has 1 aromatic rings. The number of carbonyl (C=O) groups is 2. The van der Waals surface area contributed by atoms with Gasteiger partial charge in [-0.3, -0.25) is 0 Å².